The number of benzene rings is 1. The number of hydrogen-bond acceptors (Lipinski definition) is 3. The van der Waals surface area contributed by atoms with Crippen LogP contribution in [0.5, 0.6) is 0 Å². The highest BCUT2D eigenvalue weighted by atomic mass is 16.2. The molecule has 0 bridgehead atoms. The molecule has 2 rings (SSSR count). The van der Waals surface area contributed by atoms with E-state index < -0.39 is 0 Å². The summed E-state index contributed by atoms with van der Waals surface area (Å²) < 4.78 is 0. The van der Waals surface area contributed by atoms with Gasteiger partial charge in [0.15, 0.2) is 0 Å². The molecule has 4 N–H and O–H groups in total. The Morgan fingerprint density at radius 3 is 2.72 bits per heavy atom. The van der Waals surface area contributed by atoms with Gasteiger partial charge < -0.3 is 16.4 Å². The van der Waals surface area contributed by atoms with Crippen LogP contribution in [0.25, 0.3) is 0 Å². The highest BCUT2D eigenvalue weighted by molar-refractivity contribution is 5.80. The Labute approximate surface area is 106 Å². The minimum atomic E-state index is -0.0408. The quantitative estimate of drug-likeness (QED) is 0.665. The van der Waals surface area contributed by atoms with E-state index in [4.69, 9.17) is 5.73 Å². The van der Waals surface area contributed by atoms with Gasteiger partial charge in [-0.3, -0.25) is 9.59 Å². The van der Waals surface area contributed by atoms with E-state index in [-0.39, 0.29) is 17.9 Å². The number of carbonyl (C=O) groups excluding carboxylic acids is 2. The Morgan fingerprint density at radius 2 is 2.11 bits per heavy atom. The van der Waals surface area contributed by atoms with Crippen molar-refractivity contribution in [1.82, 2.24) is 10.6 Å². The Hall–Kier alpha value is -2.04. The molecule has 2 amide bonds. The van der Waals surface area contributed by atoms with E-state index in [2.05, 4.69) is 10.6 Å². The number of nitrogens with two attached hydrogens (primary N) is 1. The second kappa shape index (κ2) is 5.53. The molecule has 5 nitrogen and oxygen atoms in total. The minimum Gasteiger partial charge on any atom is -0.399 e. The summed E-state index contributed by atoms with van der Waals surface area (Å²) in [4.78, 5) is 22.7. The highest BCUT2D eigenvalue weighted by Crippen LogP contribution is 2.07. The molecule has 0 radical (unpaired) electrons. The summed E-state index contributed by atoms with van der Waals surface area (Å²) >= 11 is 0. The van der Waals surface area contributed by atoms with Crippen LogP contribution in [0.2, 0.25) is 0 Å². The molecule has 1 unspecified atom stereocenters. The first-order valence-corrected chi connectivity index (χ1v) is 6.04. The Morgan fingerprint density at radius 1 is 1.39 bits per heavy atom. The Balaban J connectivity index is 1.75. The highest BCUT2D eigenvalue weighted by Gasteiger charge is 2.20. The number of carbonyl (C=O) groups is 2. The van der Waals surface area contributed by atoms with Crippen molar-refractivity contribution in [1.29, 1.82) is 0 Å². The number of nitrogen functional groups attached to an aromatic ring is 1. The van der Waals surface area contributed by atoms with Gasteiger partial charge in [-0.15, -0.1) is 0 Å². The molecule has 18 heavy (non-hydrogen) atoms. The lowest BCUT2D eigenvalue weighted by atomic mass is 10.1. The van der Waals surface area contributed by atoms with Gasteiger partial charge in [0.05, 0.1) is 6.42 Å². The molecule has 1 fully saturated rings. The number of nitrogens with one attached hydrogen (secondary N) is 2. The van der Waals surface area contributed by atoms with Crippen molar-refractivity contribution < 1.29 is 9.59 Å². The molecule has 5 heteroatoms. The molecule has 1 aromatic rings. The van der Waals surface area contributed by atoms with Crippen LogP contribution in [-0.2, 0) is 16.0 Å². The second-order valence-corrected chi connectivity index (χ2v) is 4.53. The number of amides is 2. The van der Waals surface area contributed by atoms with Crippen molar-refractivity contribution >= 4 is 17.5 Å². The number of hydrogen-bond donors (Lipinski definition) is 3. The van der Waals surface area contributed by atoms with E-state index in [1.165, 1.54) is 0 Å². The molecule has 1 aliphatic heterocycles. The van der Waals surface area contributed by atoms with Gasteiger partial charge in [-0.25, -0.2) is 0 Å². The lowest BCUT2D eigenvalue weighted by Gasteiger charge is -2.11. The first-order chi connectivity index (χ1) is 8.63. The first-order valence-electron chi connectivity index (χ1n) is 6.04. The lowest BCUT2D eigenvalue weighted by molar-refractivity contribution is -0.121. The molecular formula is C13H17N3O2. The maximum absolute atomic E-state index is 11.7. The maximum Gasteiger partial charge on any atom is 0.224 e. The van der Waals surface area contributed by atoms with E-state index >= 15 is 0 Å². The van der Waals surface area contributed by atoms with Gasteiger partial charge in [0.1, 0.15) is 0 Å². The lowest BCUT2D eigenvalue weighted by Crippen LogP contribution is -2.38. The molecule has 0 saturated carbocycles. The van der Waals surface area contributed by atoms with E-state index in [0.717, 1.165) is 12.0 Å². The standard InChI is InChI=1S/C13H17N3O2/c14-10-3-1-9(2-4-10)7-13(18)15-8-11-5-6-12(17)16-11/h1-4,11H,5-8,14H2,(H,15,18)(H,16,17). The second-order valence-electron chi connectivity index (χ2n) is 4.53. The zero-order valence-electron chi connectivity index (χ0n) is 10.1. The van der Waals surface area contributed by atoms with Gasteiger partial charge in [-0.1, -0.05) is 12.1 Å². The van der Waals surface area contributed by atoms with Gasteiger partial charge in [0, 0.05) is 24.7 Å². The van der Waals surface area contributed by atoms with Crippen LogP contribution < -0.4 is 16.4 Å². The van der Waals surface area contributed by atoms with Crippen molar-refractivity contribution in [2.45, 2.75) is 25.3 Å². The van der Waals surface area contributed by atoms with Crippen LogP contribution in [0, 0.1) is 0 Å². The third-order valence-electron chi connectivity index (χ3n) is 2.98. The normalized spacial score (nSPS) is 18.4. The van der Waals surface area contributed by atoms with Gasteiger partial charge in [-0.05, 0) is 24.1 Å². The van der Waals surface area contributed by atoms with Gasteiger partial charge >= 0.3 is 0 Å². The smallest absolute Gasteiger partial charge is 0.224 e. The molecule has 1 heterocycles. The van der Waals surface area contributed by atoms with Crippen LogP contribution in [0.3, 0.4) is 0 Å². The fourth-order valence-corrected chi connectivity index (χ4v) is 1.95. The SMILES string of the molecule is Nc1ccc(CC(=O)NCC2CCC(=O)N2)cc1. The first kappa shape index (κ1) is 12.4. The molecule has 1 aromatic carbocycles. The van der Waals surface area contributed by atoms with Crippen molar-refractivity contribution in [3.05, 3.63) is 29.8 Å². The summed E-state index contributed by atoms with van der Waals surface area (Å²) in [6.45, 7) is 0.500. The van der Waals surface area contributed by atoms with Gasteiger partial charge in [0.25, 0.3) is 0 Å². The molecule has 0 aliphatic carbocycles. The summed E-state index contributed by atoms with van der Waals surface area (Å²) in [5, 5.41) is 5.63. The minimum absolute atomic E-state index is 0.0408. The molecular weight excluding hydrogens is 230 g/mol. The van der Waals surface area contributed by atoms with Crippen molar-refractivity contribution in [3.8, 4) is 0 Å². The molecule has 1 atom stereocenters. The van der Waals surface area contributed by atoms with Crippen molar-refractivity contribution in [2.24, 2.45) is 0 Å². The summed E-state index contributed by atoms with van der Waals surface area (Å²) in [6, 6.07) is 7.31. The molecule has 96 valence electrons. The third kappa shape index (κ3) is 3.48. The fourth-order valence-electron chi connectivity index (χ4n) is 1.95. The third-order valence-corrected chi connectivity index (χ3v) is 2.98. The van der Waals surface area contributed by atoms with Gasteiger partial charge in [-0.2, -0.15) is 0 Å². The monoisotopic (exact) mass is 247 g/mol. The maximum atomic E-state index is 11.7. The predicted molar refractivity (Wildman–Crippen MR) is 68.7 cm³/mol. The largest absolute Gasteiger partial charge is 0.399 e. The Kier molecular flexibility index (Phi) is 3.82. The number of rotatable bonds is 4. The van der Waals surface area contributed by atoms with Crippen molar-refractivity contribution in [2.75, 3.05) is 12.3 Å². The molecule has 1 aliphatic rings. The van der Waals surface area contributed by atoms with E-state index in [0.29, 0.717) is 25.1 Å². The van der Waals surface area contributed by atoms with E-state index in [1.54, 1.807) is 12.1 Å². The van der Waals surface area contributed by atoms with Crippen LogP contribution in [0.15, 0.2) is 24.3 Å². The topological polar surface area (TPSA) is 84.2 Å². The fraction of sp³-hybridized carbons (Fsp3) is 0.385. The molecule has 0 spiro atoms. The zero-order chi connectivity index (χ0) is 13.0. The summed E-state index contributed by atoms with van der Waals surface area (Å²) in [5.74, 6) is 0.0219. The number of anilines is 1. The van der Waals surface area contributed by atoms with E-state index in [1.807, 2.05) is 12.1 Å². The zero-order valence-corrected chi connectivity index (χ0v) is 10.1. The van der Waals surface area contributed by atoms with Crippen LogP contribution in [0.1, 0.15) is 18.4 Å². The average Bonchev–Trinajstić information content (AvgIpc) is 2.76. The molecule has 0 aromatic heterocycles. The molecule has 1 saturated heterocycles. The van der Waals surface area contributed by atoms with Crippen LogP contribution >= 0.6 is 0 Å². The predicted octanol–water partition coefficient (Wildman–Crippen LogP) is 0.206. The van der Waals surface area contributed by atoms with Gasteiger partial charge in [0.2, 0.25) is 11.8 Å². The van der Waals surface area contributed by atoms with Crippen LogP contribution in [-0.4, -0.2) is 24.4 Å². The summed E-state index contributed by atoms with van der Waals surface area (Å²) in [5.41, 5.74) is 7.19. The van der Waals surface area contributed by atoms with Crippen molar-refractivity contribution in [3.63, 3.8) is 0 Å². The van der Waals surface area contributed by atoms with Crippen LogP contribution in [0.4, 0.5) is 5.69 Å². The van der Waals surface area contributed by atoms with E-state index in [9.17, 15) is 9.59 Å². The average molecular weight is 247 g/mol. The Bertz CT molecular complexity index is 442. The summed E-state index contributed by atoms with van der Waals surface area (Å²) in [7, 11) is 0. The summed E-state index contributed by atoms with van der Waals surface area (Å²) in [6.07, 6.45) is 1.68.